The number of phenols is 1. The molecule has 0 fully saturated rings. The van der Waals surface area contributed by atoms with E-state index in [2.05, 4.69) is 14.6 Å². The molecule has 27 heavy (non-hydrogen) atoms. The number of halogens is 1. The Morgan fingerprint density at radius 2 is 2.00 bits per heavy atom. The molecule has 0 saturated carbocycles. The van der Waals surface area contributed by atoms with Crippen molar-refractivity contribution < 1.29 is 19.2 Å². The summed E-state index contributed by atoms with van der Waals surface area (Å²) in [6.45, 7) is 5.37. The molecule has 2 aromatic rings. The molecule has 146 valence electrons. The van der Waals surface area contributed by atoms with Crippen molar-refractivity contribution in [2.45, 2.75) is 38.0 Å². The summed E-state index contributed by atoms with van der Waals surface area (Å²) in [5.74, 6) is 0.380. The van der Waals surface area contributed by atoms with Crippen molar-refractivity contribution in [1.82, 2.24) is 10.2 Å². The summed E-state index contributed by atoms with van der Waals surface area (Å²) in [7, 11) is -0.0953. The van der Waals surface area contributed by atoms with Crippen LogP contribution >= 0.6 is 11.6 Å². The number of aliphatic hydroxyl groups excluding tert-OH is 1. The molecule has 9 heteroatoms. The van der Waals surface area contributed by atoms with Crippen molar-refractivity contribution in [2.75, 3.05) is 7.11 Å². The van der Waals surface area contributed by atoms with Crippen LogP contribution in [0.1, 0.15) is 44.6 Å². The van der Waals surface area contributed by atoms with E-state index in [1.807, 2.05) is 0 Å². The van der Waals surface area contributed by atoms with E-state index in [1.165, 1.54) is 19.2 Å². The Labute approximate surface area is 165 Å². The zero-order valence-corrected chi connectivity index (χ0v) is 17.1. The van der Waals surface area contributed by atoms with Gasteiger partial charge in [-0.25, -0.2) is 4.21 Å². The first kappa shape index (κ1) is 21.3. The van der Waals surface area contributed by atoms with Crippen LogP contribution in [0.4, 0.5) is 0 Å². The van der Waals surface area contributed by atoms with Gasteiger partial charge in [0.2, 0.25) is 0 Å². The number of methoxy groups -OCH3 is 1. The molecule has 1 unspecified atom stereocenters. The lowest BCUT2D eigenvalue weighted by Gasteiger charge is -2.17. The molecule has 2 rings (SSSR count). The quantitative estimate of drug-likeness (QED) is 0.707. The van der Waals surface area contributed by atoms with Crippen molar-refractivity contribution in [2.24, 2.45) is 4.40 Å². The van der Waals surface area contributed by atoms with Crippen LogP contribution < -0.4 is 4.74 Å². The van der Waals surface area contributed by atoms with Crippen LogP contribution in [0.2, 0.25) is 5.15 Å². The van der Waals surface area contributed by atoms with Gasteiger partial charge in [0, 0.05) is 18.1 Å². The lowest BCUT2D eigenvalue weighted by atomic mass is 10.0. The lowest BCUT2D eigenvalue weighted by molar-refractivity contribution is 0.180. The molecule has 0 aliphatic rings. The summed E-state index contributed by atoms with van der Waals surface area (Å²) in [6, 6.07) is 7.75. The van der Waals surface area contributed by atoms with E-state index >= 15 is 0 Å². The molecule has 1 aromatic carbocycles. The molecule has 0 radical (unpaired) electrons. The van der Waals surface area contributed by atoms with Gasteiger partial charge < -0.3 is 14.9 Å². The van der Waals surface area contributed by atoms with Crippen molar-refractivity contribution in [3.8, 4) is 11.5 Å². The van der Waals surface area contributed by atoms with Crippen LogP contribution in [0.3, 0.4) is 0 Å². The van der Waals surface area contributed by atoms with Crippen LogP contribution in [0.5, 0.6) is 11.5 Å². The van der Waals surface area contributed by atoms with Gasteiger partial charge in [0.05, 0.1) is 23.3 Å². The monoisotopic (exact) mass is 411 g/mol. The van der Waals surface area contributed by atoms with E-state index < -0.39 is 21.8 Å². The second-order valence-electron chi connectivity index (χ2n) is 6.78. The Kier molecular flexibility index (Phi) is 6.91. The fourth-order valence-electron chi connectivity index (χ4n) is 2.11. The minimum Gasteiger partial charge on any atom is -0.507 e. The van der Waals surface area contributed by atoms with Crippen LogP contribution in [-0.4, -0.2) is 42.2 Å². The van der Waals surface area contributed by atoms with E-state index in [1.54, 1.807) is 39.0 Å². The minimum absolute atomic E-state index is 0.0159. The number of hydrogen-bond acceptors (Lipinski definition) is 6. The molecule has 1 heterocycles. The maximum Gasteiger partial charge on any atom is 0.151 e. The number of phenolic OH excluding ortho intramolecular Hbond substituents is 1. The molecule has 0 saturated heterocycles. The number of aliphatic hydroxyl groups is 1. The fourth-order valence-corrected chi connectivity index (χ4v) is 2.86. The third-order valence-electron chi connectivity index (χ3n) is 3.61. The predicted octanol–water partition coefficient (Wildman–Crippen LogP) is 3.22. The summed E-state index contributed by atoms with van der Waals surface area (Å²) in [5.41, 5.74) is 0.934. The highest BCUT2D eigenvalue weighted by atomic mass is 35.5. The van der Waals surface area contributed by atoms with Gasteiger partial charge in [0.1, 0.15) is 28.6 Å². The number of benzene rings is 1. The van der Waals surface area contributed by atoms with Gasteiger partial charge in [-0.2, -0.15) is 9.50 Å². The van der Waals surface area contributed by atoms with Crippen LogP contribution in [0.15, 0.2) is 34.7 Å². The number of ether oxygens (including phenoxy) is 1. The fraction of sp³-hybridized carbons (Fsp3) is 0.389. The van der Waals surface area contributed by atoms with Crippen molar-refractivity contribution in [3.05, 3.63) is 46.7 Å². The number of aromatic nitrogens is 2. The van der Waals surface area contributed by atoms with Crippen LogP contribution in [-0.2, 0) is 11.0 Å². The maximum absolute atomic E-state index is 12.5. The van der Waals surface area contributed by atoms with Gasteiger partial charge >= 0.3 is 0 Å². The first-order valence-corrected chi connectivity index (χ1v) is 9.64. The Hall–Kier alpha value is -2.03. The lowest BCUT2D eigenvalue weighted by Crippen LogP contribution is -2.22. The number of nitrogens with zero attached hydrogens (tertiary/aromatic N) is 3. The maximum atomic E-state index is 12.5. The summed E-state index contributed by atoms with van der Waals surface area (Å²) in [5, 5.41) is 28.6. The van der Waals surface area contributed by atoms with Crippen molar-refractivity contribution >= 4 is 28.3 Å². The third-order valence-corrected chi connectivity index (χ3v) is 5.25. The first-order chi connectivity index (χ1) is 12.6. The van der Waals surface area contributed by atoms with E-state index in [9.17, 15) is 14.4 Å². The average molecular weight is 412 g/mol. The molecule has 0 amide bonds. The highest BCUT2D eigenvalue weighted by Gasteiger charge is 2.23. The predicted molar refractivity (Wildman–Crippen MR) is 106 cm³/mol. The summed E-state index contributed by atoms with van der Waals surface area (Å²) in [4.78, 5) is 0. The summed E-state index contributed by atoms with van der Waals surface area (Å²) < 4.78 is 21.3. The highest BCUT2D eigenvalue weighted by Crippen LogP contribution is 2.28. The van der Waals surface area contributed by atoms with Gasteiger partial charge in [0.15, 0.2) is 5.15 Å². The van der Waals surface area contributed by atoms with Crippen molar-refractivity contribution in [1.29, 1.82) is 0 Å². The van der Waals surface area contributed by atoms with Gasteiger partial charge in [-0.15, -0.1) is 5.10 Å². The molecule has 0 spiro atoms. The zero-order chi connectivity index (χ0) is 20.2. The van der Waals surface area contributed by atoms with E-state index in [4.69, 9.17) is 16.3 Å². The second-order valence-corrected chi connectivity index (χ2v) is 9.08. The zero-order valence-electron chi connectivity index (χ0n) is 15.5. The number of aromatic hydroxyl groups is 1. The Morgan fingerprint density at radius 3 is 2.52 bits per heavy atom. The standard InChI is InChI=1S/C18H22ClN3O4S/c1-18(2,3)27(25)22-14(12-6-5-11(26-4)9-15(12)23)10-16(24)13-7-8-17(19)21-20-13/h5-9,16,23-24H,10H2,1-4H3/b22-14+/t16-,27?/m0/s1. The Morgan fingerprint density at radius 1 is 1.30 bits per heavy atom. The summed E-state index contributed by atoms with van der Waals surface area (Å²) in [6.07, 6.45) is -1.08. The normalized spacial score (nSPS) is 14.7. The van der Waals surface area contributed by atoms with Gasteiger partial charge in [-0.3, -0.25) is 0 Å². The van der Waals surface area contributed by atoms with Gasteiger partial charge in [0.25, 0.3) is 0 Å². The number of rotatable bonds is 6. The number of hydrogen-bond donors (Lipinski definition) is 2. The molecule has 7 nitrogen and oxygen atoms in total. The Balaban J connectivity index is 2.42. The van der Waals surface area contributed by atoms with E-state index in [0.717, 1.165) is 0 Å². The topological polar surface area (TPSA) is 105 Å². The molecule has 2 N–H and O–H groups in total. The molecule has 0 bridgehead atoms. The minimum atomic E-state index is -1.58. The third kappa shape index (κ3) is 5.72. The molecule has 0 aliphatic heterocycles. The molecular formula is C18H22ClN3O4S. The van der Waals surface area contributed by atoms with E-state index in [-0.39, 0.29) is 23.0 Å². The molecule has 1 aromatic heterocycles. The highest BCUT2D eigenvalue weighted by molar-refractivity contribution is 7.85. The second kappa shape index (κ2) is 8.77. The average Bonchev–Trinajstić information content (AvgIpc) is 2.60. The Bertz CT molecular complexity index is 851. The first-order valence-electron chi connectivity index (χ1n) is 8.16. The SMILES string of the molecule is COc1ccc(/C(C[C@H](O)c2ccc(Cl)nn2)=N/S(=O)C(C)(C)C)c(O)c1. The van der Waals surface area contributed by atoms with Crippen LogP contribution in [0, 0.1) is 0 Å². The molecule has 0 aliphatic carbocycles. The summed E-state index contributed by atoms with van der Waals surface area (Å²) >= 11 is 5.72. The molecule has 2 atom stereocenters. The smallest absolute Gasteiger partial charge is 0.151 e. The van der Waals surface area contributed by atoms with Crippen LogP contribution in [0.25, 0.3) is 0 Å². The van der Waals surface area contributed by atoms with Gasteiger partial charge in [-0.1, -0.05) is 11.6 Å². The van der Waals surface area contributed by atoms with Gasteiger partial charge in [-0.05, 0) is 45.0 Å². The molecular weight excluding hydrogens is 390 g/mol. The van der Waals surface area contributed by atoms with E-state index in [0.29, 0.717) is 17.0 Å². The van der Waals surface area contributed by atoms with Crippen molar-refractivity contribution in [3.63, 3.8) is 0 Å². The largest absolute Gasteiger partial charge is 0.507 e.